The van der Waals surface area contributed by atoms with Crippen LogP contribution in [0.25, 0.3) is 0 Å². The molecule has 5 nitrogen and oxygen atoms in total. The highest BCUT2D eigenvalue weighted by Crippen LogP contribution is 2.22. The number of likely N-dealkylation sites (tertiary alicyclic amines) is 1. The van der Waals surface area contributed by atoms with Crippen molar-refractivity contribution in [1.82, 2.24) is 4.90 Å². The molecule has 1 fully saturated rings. The van der Waals surface area contributed by atoms with Gasteiger partial charge in [0.05, 0.1) is 11.8 Å². The maximum atomic E-state index is 12.4. The van der Waals surface area contributed by atoms with Crippen LogP contribution in [0.1, 0.15) is 28.8 Å². The van der Waals surface area contributed by atoms with Crippen LogP contribution in [0.4, 0.5) is 5.69 Å². The lowest BCUT2D eigenvalue weighted by atomic mass is 9.95. The average molecular weight is 312 g/mol. The van der Waals surface area contributed by atoms with Gasteiger partial charge in [-0.2, -0.15) is 0 Å². The molecule has 1 aliphatic heterocycles. The van der Waals surface area contributed by atoms with Crippen LogP contribution in [0.15, 0.2) is 47.3 Å². The van der Waals surface area contributed by atoms with Gasteiger partial charge in [-0.25, -0.2) is 0 Å². The van der Waals surface area contributed by atoms with Gasteiger partial charge in [0.15, 0.2) is 0 Å². The normalized spacial score (nSPS) is 15.4. The van der Waals surface area contributed by atoms with E-state index in [0.29, 0.717) is 31.5 Å². The van der Waals surface area contributed by atoms with Gasteiger partial charge in [-0.15, -0.1) is 0 Å². The van der Waals surface area contributed by atoms with E-state index in [9.17, 15) is 9.59 Å². The molecule has 0 atom stereocenters. The molecule has 23 heavy (non-hydrogen) atoms. The molecule has 0 aliphatic carbocycles. The predicted octanol–water partition coefficient (Wildman–Crippen LogP) is 3.08. The Morgan fingerprint density at radius 1 is 1.17 bits per heavy atom. The van der Waals surface area contributed by atoms with Crippen molar-refractivity contribution >= 4 is 17.5 Å². The van der Waals surface area contributed by atoms with Crippen molar-refractivity contribution in [2.45, 2.75) is 19.8 Å². The molecule has 1 saturated heterocycles. The number of carbonyl (C=O) groups is 2. The average Bonchev–Trinajstić information content (AvgIpc) is 3.11. The van der Waals surface area contributed by atoms with Crippen LogP contribution in [0.5, 0.6) is 0 Å². The van der Waals surface area contributed by atoms with Crippen molar-refractivity contribution < 1.29 is 14.0 Å². The summed E-state index contributed by atoms with van der Waals surface area (Å²) in [7, 11) is 0. The molecule has 0 unspecified atom stereocenters. The largest absolute Gasteiger partial charge is 0.472 e. The third-order valence-electron chi connectivity index (χ3n) is 4.32. The number of hydrogen-bond acceptors (Lipinski definition) is 3. The summed E-state index contributed by atoms with van der Waals surface area (Å²) in [5.41, 5.74) is 2.47. The Bertz CT molecular complexity index is 686. The quantitative estimate of drug-likeness (QED) is 0.947. The third-order valence-corrected chi connectivity index (χ3v) is 4.32. The number of piperidine rings is 1. The number of benzene rings is 1. The van der Waals surface area contributed by atoms with Crippen LogP contribution >= 0.6 is 0 Å². The van der Waals surface area contributed by atoms with E-state index < -0.39 is 0 Å². The van der Waals surface area contributed by atoms with Gasteiger partial charge in [0.1, 0.15) is 6.26 Å². The molecule has 2 aromatic rings. The number of rotatable bonds is 3. The summed E-state index contributed by atoms with van der Waals surface area (Å²) in [5.74, 6) is -0.0470. The molecular weight excluding hydrogens is 292 g/mol. The van der Waals surface area contributed by atoms with Gasteiger partial charge >= 0.3 is 0 Å². The zero-order chi connectivity index (χ0) is 16.2. The summed E-state index contributed by atoms with van der Waals surface area (Å²) in [6, 6.07) is 9.41. The Morgan fingerprint density at radius 3 is 2.57 bits per heavy atom. The summed E-state index contributed by atoms with van der Waals surface area (Å²) in [4.78, 5) is 26.4. The molecule has 1 N–H and O–H groups in total. The Hall–Kier alpha value is -2.56. The van der Waals surface area contributed by atoms with E-state index >= 15 is 0 Å². The van der Waals surface area contributed by atoms with Crippen LogP contribution in [0.3, 0.4) is 0 Å². The van der Waals surface area contributed by atoms with Crippen LogP contribution in [0, 0.1) is 12.8 Å². The number of furan rings is 1. The lowest BCUT2D eigenvalue weighted by Gasteiger charge is -2.31. The monoisotopic (exact) mass is 312 g/mol. The summed E-state index contributed by atoms with van der Waals surface area (Å²) in [6.45, 7) is 3.16. The maximum Gasteiger partial charge on any atom is 0.257 e. The van der Waals surface area contributed by atoms with Gasteiger partial charge in [-0.3, -0.25) is 9.59 Å². The van der Waals surface area contributed by atoms with Gasteiger partial charge in [0.2, 0.25) is 5.91 Å². The lowest BCUT2D eigenvalue weighted by molar-refractivity contribution is -0.121. The van der Waals surface area contributed by atoms with Gasteiger partial charge in [-0.05, 0) is 37.5 Å². The van der Waals surface area contributed by atoms with E-state index in [2.05, 4.69) is 5.32 Å². The predicted molar refractivity (Wildman–Crippen MR) is 87.1 cm³/mol. The van der Waals surface area contributed by atoms with Crippen LogP contribution in [-0.2, 0) is 4.79 Å². The number of amides is 2. The second kappa shape index (κ2) is 6.69. The number of aryl methyl sites for hydroxylation is 1. The smallest absolute Gasteiger partial charge is 0.257 e. The van der Waals surface area contributed by atoms with Gasteiger partial charge in [0, 0.05) is 24.7 Å². The number of para-hydroxylation sites is 1. The Labute approximate surface area is 135 Å². The molecule has 0 radical (unpaired) electrons. The first-order valence-corrected chi connectivity index (χ1v) is 7.83. The summed E-state index contributed by atoms with van der Waals surface area (Å²) >= 11 is 0. The highest BCUT2D eigenvalue weighted by atomic mass is 16.3. The fourth-order valence-corrected chi connectivity index (χ4v) is 2.86. The van der Waals surface area contributed by atoms with Crippen molar-refractivity contribution in [2.24, 2.45) is 5.92 Å². The molecule has 1 aromatic heterocycles. The number of nitrogens with zero attached hydrogens (tertiary/aromatic N) is 1. The zero-order valence-corrected chi connectivity index (χ0v) is 13.1. The minimum absolute atomic E-state index is 0.0310. The van der Waals surface area contributed by atoms with E-state index in [1.165, 1.54) is 12.5 Å². The van der Waals surface area contributed by atoms with E-state index in [4.69, 9.17) is 4.42 Å². The maximum absolute atomic E-state index is 12.4. The zero-order valence-electron chi connectivity index (χ0n) is 13.1. The standard InChI is InChI=1S/C18H20N2O3/c1-13-4-2-3-5-16(13)19-17(21)14-6-9-20(10-7-14)18(22)15-8-11-23-12-15/h2-5,8,11-12,14H,6-7,9-10H2,1H3,(H,19,21). The van der Waals surface area contributed by atoms with Crippen LogP contribution in [0.2, 0.25) is 0 Å². The third kappa shape index (κ3) is 3.44. The molecule has 0 saturated carbocycles. The molecule has 5 heteroatoms. The minimum Gasteiger partial charge on any atom is -0.472 e. The Morgan fingerprint density at radius 2 is 1.91 bits per heavy atom. The van der Waals surface area contributed by atoms with Crippen molar-refractivity contribution in [3.8, 4) is 0 Å². The molecular formula is C18H20N2O3. The minimum atomic E-state index is -0.0528. The van der Waals surface area contributed by atoms with Crippen LogP contribution < -0.4 is 5.32 Å². The van der Waals surface area contributed by atoms with Crippen molar-refractivity contribution in [1.29, 1.82) is 0 Å². The highest BCUT2D eigenvalue weighted by molar-refractivity contribution is 5.95. The Balaban J connectivity index is 1.55. The first kappa shape index (κ1) is 15.3. The molecule has 1 aromatic carbocycles. The van der Waals surface area contributed by atoms with Gasteiger partial charge in [-0.1, -0.05) is 18.2 Å². The van der Waals surface area contributed by atoms with Crippen LogP contribution in [-0.4, -0.2) is 29.8 Å². The fourth-order valence-electron chi connectivity index (χ4n) is 2.86. The molecule has 2 amide bonds. The van der Waals surface area contributed by atoms with E-state index in [0.717, 1.165) is 11.3 Å². The second-order valence-electron chi connectivity index (χ2n) is 5.88. The van der Waals surface area contributed by atoms with E-state index in [1.807, 2.05) is 31.2 Å². The number of nitrogens with one attached hydrogen (secondary N) is 1. The topological polar surface area (TPSA) is 62.6 Å². The van der Waals surface area contributed by atoms with Crippen molar-refractivity contribution in [2.75, 3.05) is 18.4 Å². The van der Waals surface area contributed by atoms with Crippen molar-refractivity contribution in [3.05, 3.63) is 54.0 Å². The first-order chi connectivity index (χ1) is 11.1. The number of hydrogen-bond donors (Lipinski definition) is 1. The molecule has 120 valence electrons. The summed E-state index contributed by atoms with van der Waals surface area (Å²) in [6.07, 6.45) is 4.32. The molecule has 1 aliphatic rings. The van der Waals surface area contributed by atoms with Crippen molar-refractivity contribution in [3.63, 3.8) is 0 Å². The lowest BCUT2D eigenvalue weighted by Crippen LogP contribution is -2.41. The van der Waals surface area contributed by atoms with Gasteiger partial charge in [0.25, 0.3) is 5.91 Å². The Kier molecular flexibility index (Phi) is 4.46. The highest BCUT2D eigenvalue weighted by Gasteiger charge is 2.28. The molecule has 3 rings (SSSR count). The van der Waals surface area contributed by atoms with E-state index in [-0.39, 0.29) is 17.7 Å². The second-order valence-corrected chi connectivity index (χ2v) is 5.88. The number of carbonyl (C=O) groups excluding carboxylic acids is 2. The molecule has 2 heterocycles. The SMILES string of the molecule is Cc1ccccc1NC(=O)C1CCN(C(=O)c2ccoc2)CC1. The molecule has 0 bridgehead atoms. The first-order valence-electron chi connectivity index (χ1n) is 7.83. The summed E-state index contributed by atoms with van der Waals surface area (Å²) < 4.78 is 4.95. The molecule has 0 spiro atoms. The van der Waals surface area contributed by atoms with Gasteiger partial charge < -0.3 is 14.6 Å². The number of anilines is 1. The van der Waals surface area contributed by atoms with E-state index in [1.54, 1.807) is 11.0 Å². The summed E-state index contributed by atoms with van der Waals surface area (Å²) in [5, 5.41) is 2.99. The fraction of sp³-hybridized carbons (Fsp3) is 0.333.